The normalized spacial score (nSPS) is 25.6. The largest absolute Gasteiger partial charge is 0.391 e. The minimum absolute atomic E-state index is 0.191. The zero-order valence-corrected chi connectivity index (χ0v) is 20.4. The average Bonchev–Trinajstić information content (AvgIpc) is 3.41. The maximum atomic E-state index is 15.6. The summed E-state index contributed by atoms with van der Waals surface area (Å²) in [6, 6.07) is 6.11. The third-order valence-electron chi connectivity index (χ3n) is 8.12. The van der Waals surface area contributed by atoms with Gasteiger partial charge in [-0.1, -0.05) is 6.07 Å². The van der Waals surface area contributed by atoms with Crippen LogP contribution >= 0.6 is 0 Å². The number of hydrogen-bond donors (Lipinski definition) is 2. The zero-order valence-electron chi connectivity index (χ0n) is 20.4. The van der Waals surface area contributed by atoms with Gasteiger partial charge in [0.15, 0.2) is 5.82 Å². The topological polar surface area (TPSA) is 112 Å². The van der Waals surface area contributed by atoms with Crippen molar-refractivity contribution >= 4 is 17.7 Å². The van der Waals surface area contributed by atoms with E-state index in [9.17, 15) is 19.5 Å². The SMILES string of the molecule is O=C1CCC(N2Cc3cc(-c4nccc(CN5CCC6(CC5)CC(O)CO6)c4F)ccc3C2=O)C(=O)N1. The van der Waals surface area contributed by atoms with Gasteiger partial charge in [0, 0.05) is 61.9 Å². The number of pyridine rings is 1. The molecule has 37 heavy (non-hydrogen) atoms. The van der Waals surface area contributed by atoms with Crippen LogP contribution < -0.4 is 5.32 Å². The summed E-state index contributed by atoms with van der Waals surface area (Å²) in [5.41, 5.74) is 2.28. The zero-order chi connectivity index (χ0) is 25.7. The van der Waals surface area contributed by atoms with E-state index in [1.165, 1.54) is 4.90 Å². The maximum Gasteiger partial charge on any atom is 0.255 e. The van der Waals surface area contributed by atoms with Gasteiger partial charge >= 0.3 is 0 Å². The van der Waals surface area contributed by atoms with Gasteiger partial charge in [-0.3, -0.25) is 29.6 Å². The van der Waals surface area contributed by atoms with Crippen LogP contribution in [0.4, 0.5) is 4.39 Å². The number of hydrogen-bond acceptors (Lipinski definition) is 7. The van der Waals surface area contributed by atoms with E-state index >= 15 is 4.39 Å². The van der Waals surface area contributed by atoms with Crippen molar-refractivity contribution in [1.29, 1.82) is 0 Å². The first-order valence-electron chi connectivity index (χ1n) is 12.8. The van der Waals surface area contributed by atoms with Gasteiger partial charge in [-0.05, 0) is 43.0 Å². The van der Waals surface area contributed by atoms with Crippen molar-refractivity contribution in [2.24, 2.45) is 0 Å². The Morgan fingerprint density at radius 1 is 1.19 bits per heavy atom. The molecule has 0 aliphatic carbocycles. The lowest BCUT2D eigenvalue weighted by Crippen LogP contribution is -2.52. The summed E-state index contributed by atoms with van der Waals surface area (Å²) in [6.45, 7) is 2.59. The van der Waals surface area contributed by atoms with Crippen LogP contribution in [0, 0.1) is 5.82 Å². The quantitative estimate of drug-likeness (QED) is 0.606. The number of aromatic nitrogens is 1. The summed E-state index contributed by atoms with van der Waals surface area (Å²) in [6.07, 6.45) is 3.97. The summed E-state index contributed by atoms with van der Waals surface area (Å²) in [7, 11) is 0. The fourth-order valence-corrected chi connectivity index (χ4v) is 6.06. The highest BCUT2D eigenvalue weighted by molar-refractivity contribution is 6.05. The molecule has 9 nitrogen and oxygen atoms in total. The van der Waals surface area contributed by atoms with Crippen molar-refractivity contribution in [2.75, 3.05) is 19.7 Å². The number of amides is 3. The number of nitrogens with zero attached hydrogens (tertiary/aromatic N) is 3. The van der Waals surface area contributed by atoms with Crippen LogP contribution in [0.3, 0.4) is 0 Å². The summed E-state index contributed by atoms with van der Waals surface area (Å²) in [5, 5.41) is 12.2. The van der Waals surface area contributed by atoms with E-state index in [4.69, 9.17) is 4.74 Å². The molecule has 2 unspecified atom stereocenters. The Hall–Kier alpha value is -3.21. The number of fused-ring (bicyclic) bond motifs is 1. The summed E-state index contributed by atoms with van der Waals surface area (Å²) < 4.78 is 21.5. The Bertz CT molecular complexity index is 1280. The Morgan fingerprint density at radius 3 is 2.73 bits per heavy atom. The highest BCUT2D eigenvalue weighted by Crippen LogP contribution is 2.37. The molecular weight excluding hydrogens is 479 g/mol. The van der Waals surface area contributed by atoms with Gasteiger partial charge in [0.1, 0.15) is 11.7 Å². The number of halogens is 1. The molecule has 10 heteroatoms. The first kappa shape index (κ1) is 24.1. The second-order valence-electron chi connectivity index (χ2n) is 10.5. The fourth-order valence-electron chi connectivity index (χ4n) is 6.06. The molecular formula is C27H29FN4O5. The van der Waals surface area contributed by atoms with Crippen LogP contribution in [0.1, 0.15) is 53.6 Å². The smallest absolute Gasteiger partial charge is 0.255 e. The molecule has 3 saturated heterocycles. The van der Waals surface area contributed by atoms with E-state index in [-0.39, 0.29) is 41.9 Å². The van der Waals surface area contributed by atoms with E-state index in [1.807, 2.05) is 0 Å². The van der Waals surface area contributed by atoms with Gasteiger partial charge in [-0.2, -0.15) is 0 Å². The summed E-state index contributed by atoms with van der Waals surface area (Å²) >= 11 is 0. The third kappa shape index (κ3) is 4.43. The molecule has 0 radical (unpaired) electrons. The van der Waals surface area contributed by atoms with Crippen molar-refractivity contribution in [2.45, 2.75) is 62.9 Å². The number of piperidine rings is 2. The van der Waals surface area contributed by atoms with Gasteiger partial charge in [-0.25, -0.2) is 4.39 Å². The lowest BCUT2D eigenvalue weighted by atomic mass is 9.88. The molecule has 1 spiro atoms. The van der Waals surface area contributed by atoms with Crippen LogP contribution in [0.25, 0.3) is 11.3 Å². The Labute approximate surface area is 213 Å². The number of ether oxygens (including phenoxy) is 1. The summed E-state index contributed by atoms with van der Waals surface area (Å²) in [4.78, 5) is 44.7. The van der Waals surface area contributed by atoms with Crippen LogP contribution in [-0.4, -0.2) is 75.1 Å². The highest BCUT2D eigenvalue weighted by atomic mass is 19.1. The highest BCUT2D eigenvalue weighted by Gasteiger charge is 2.42. The Balaban J connectivity index is 1.17. The van der Waals surface area contributed by atoms with Crippen LogP contribution in [0.2, 0.25) is 0 Å². The number of carbonyl (C=O) groups excluding carboxylic acids is 3. The minimum Gasteiger partial charge on any atom is -0.391 e. The third-order valence-corrected chi connectivity index (χ3v) is 8.12. The molecule has 2 N–H and O–H groups in total. The molecule has 194 valence electrons. The number of carbonyl (C=O) groups is 3. The lowest BCUT2D eigenvalue weighted by Gasteiger charge is -2.38. The van der Waals surface area contributed by atoms with Gasteiger partial charge in [-0.15, -0.1) is 0 Å². The van der Waals surface area contributed by atoms with Crippen molar-refractivity contribution in [3.63, 3.8) is 0 Å². The Morgan fingerprint density at radius 2 is 2.00 bits per heavy atom. The standard InChI is InChI=1S/C27H29FN4O5/c28-23-17(13-31-9-6-27(7-10-31)12-19(33)15-37-27)5-8-29-24(23)16-1-2-20-18(11-16)14-32(26(20)36)21-3-4-22(34)30-25(21)35/h1-2,5,8,11,19,21,33H,3-4,6-7,9-10,12-15H2,(H,30,34,35). The van der Waals surface area contributed by atoms with Crippen LogP contribution in [0.5, 0.6) is 0 Å². The first-order chi connectivity index (χ1) is 17.8. The molecule has 1 aromatic carbocycles. The van der Waals surface area contributed by atoms with Crippen LogP contribution in [0.15, 0.2) is 30.5 Å². The molecule has 1 aromatic heterocycles. The number of aliphatic hydroxyl groups excluding tert-OH is 1. The number of likely N-dealkylation sites (tertiary alicyclic amines) is 1. The number of benzene rings is 1. The van der Waals surface area contributed by atoms with E-state index in [1.54, 1.807) is 30.5 Å². The van der Waals surface area contributed by atoms with E-state index < -0.39 is 18.1 Å². The molecule has 4 aliphatic heterocycles. The van der Waals surface area contributed by atoms with Crippen molar-refractivity contribution in [1.82, 2.24) is 20.1 Å². The van der Waals surface area contributed by atoms with Crippen molar-refractivity contribution < 1.29 is 28.6 Å². The van der Waals surface area contributed by atoms with Gasteiger partial charge in [0.25, 0.3) is 5.91 Å². The minimum atomic E-state index is -0.694. The number of aliphatic hydroxyl groups is 1. The van der Waals surface area contributed by atoms with Gasteiger partial charge < -0.3 is 14.7 Å². The van der Waals surface area contributed by atoms with E-state index in [2.05, 4.69) is 15.2 Å². The Kier molecular flexibility index (Phi) is 6.05. The monoisotopic (exact) mass is 508 g/mol. The van der Waals surface area contributed by atoms with E-state index in [0.29, 0.717) is 48.2 Å². The molecule has 2 aromatic rings. The number of nitrogens with one attached hydrogen (secondary N) is 1. The molecule has 0 saturated carbocycles. The predicted molar refractivity (Wildman–Crippen MR) is 129 cm³/mol. The first-order valence-corrected chi connectivity index (χ1v) is 12.8. The van der Waals surface area contributed by atoms with E-state index in [0.717, 1.165) is 25.9 Å². The summed E-state index contributed by atoms with van der Waals surface area (Å²) in [5.74, 6) is -1.44. The average molecular weight is 509 g/mol. The van der Waals surface area contributed by atoms with Crippen molar-refractivity contribution in [3.05, 3.63) is 53.0 Å². The second kappa shape index (κ2) is 9.27. The maximum absolute atomic E-state index is 15.6. The molecule has 3 fully saturated rings. The molecule has 4 aliphatic rings. The lowest BCUT2D eigenvalue weighted by molar-refractivity contribution is -0.136. The number of rotatable bonds is 4. The fraction of sp³-hybridized carbons (Fsp3) is 0.481. The van der Waals surface area contributed by atoms with Gasteiger partial charge in [0.05, 0.1) is 18.3 Å². The molecule has 6 rings (SSSR count). The molecule has 3 amide bonds. The molecule has 2 atom stereocenters. The van der Waals surface area contributed by atoms with Crippen LogP contribution in [-0.2, 0) is 27.4 Å². The van der Waals surface area contributed by atoms with Gasteiger partial charge in [0.2, 0.25) is 11.8 Å². The van der Waals surface area contributed by atoms with Crippen molar-refractivity contribution in [3.8, 4) is 11.3 Å². The molecule has 5 heterocycles. The second-order valence-corrected chi connectivity index (χ2v) is 10.5. The number of imide groups is 1. The predicted octanol–water partition coefficient (Wildman–Crippen LogP) is 1.76. The molecule has 0 bridgehead atoms.